The largest absolute Gasteiger partial charge is 0.497 e. The molecule has 2 amide bonds. The lowest BCUT2D eigenvalue weighted by atomic mass is 9.87. The van der Waals surface area contributed by atoms with Crippen molar-refractivity contribution >= 4 is 28.8 Å². The van der Waals surface area contributed by atoms with Crippen molar-refractivity contribution in [2.75, 3.05) is 32.6 Å². The van der Waals surface area contributed by atoms with Gasteiger partial charge in [0.15, 0.2) is 0 Å². The van der Waals surface area contributed by atoms with Gasteiger partial charge in [0.2, 0.25) is 5.91 Å². The predicted molar refractivity (Wildman–Crippen MR) is 118 cm³/mol. The second kappa shape index (κ2) is 9.08. The first-order valence-corrected chi connectivity index (χ1v) is 11.3. The van der Waals surface area contributed by atoms with E-state index in [1.807, 2.05) is 11.0 Å². The Morgan fingerprint density at radius 3 is 2.63 bits per heavy atom. The number of aryl methyl sites for hydroxylation is 1. The van der Waals surface area contributed by atoms with Crippen LogP contribution in [0, 0.1) is 5.92 Å². The zero-order valence-electron chi connectivity index (χ0n) is 17.5. The van der Waals surface area contributed by atoms with E-state index in [-0.39, 0.29) is 17.7 Å². The number of nitrogens with zero attached hydrogens (tertiary/aromatic N) is 1. The van der Waals surface area contributed by atoms with Crippen molar-refractivity contribution in [2.24, 2.45) is 5.92 Å². The fourth-order valence-corrected chi connectivity index (χ4v) is 5.43. The van der Waals surface area contributed by atoms with E-state index in [4.69, 9.17) is 9.47 Å². The molecule has 0 bridgehead atoms. The van der Waals surface area contributed by atoms with Gasteiger partial charge in [-0.05, 0) is 62.3 Å². The Hall–Kier alpha value is -2.54. The monoisotopic (exact) mass is 428 g/mol. The summed E-state index contributed by atoms with van der Waals surface area (Å²) in [6, 6.07) is 7.37. The first-order valence-electron chi connectivity index (χ1n) is 10.5. The molecule has 0 saturated carbocycles. The van der Waals surface area contributed by atoms with Gasteiger partial charge in [-0.3, -0.25) is 9.59 Å². The van der Waals surface area contributed by atoms with Crippen molar-refractivity contribution in [3.8, 4) is 11.5 Å². The Kier molecular flexibility index (Phi) is 6.27. The lowest BCUT2D eigenvalue weighted by Crippen LogP contribution is -2.35. The van der Waals surface area contributed by atoms with Gasteiger partial charge < -0.3 is 19.7 Å². The first kappa shape index (κ1) is 20.7. The number of hydrogen-bond donors (Lipinski definition) is 1. The third kappa shape index (κ3) is 4.31. The molecular weight excluding hydrogens is 400 g/mol. The molecule has 160 valence electrons. The molecule has 2 heterocycles. The third-order valence-electron chi connectivity index (χ3n) is 5.97. The molecule has 1 N–H and O–H groups in total. The number of methoxy groups -OCH3 is 2. The molecule has 1 fully saturated rings. The van der Waals surface area contributed by atoms with Crippen LogP contribution in [0.25, 0.3) is 0 Å². The van der Waals surface area contributed by atoms with Crippen LogP contribution in [0.1, 0.15) is 45.8 Å². The van der Waals surface area contributed by atoms with Gasteiger partial charge in [-0.1, -0.05) is 0 Å². The number of amides is 2. The number of nitrogens with one attached hydrogen (secondary N) is 1. The van der Waals surface area contributed by atoms with Gasteiger partial charge in [-0.25, -0.2) is 0 Å². The molecule has 0 spiro atoms. The Labute approximate surface area is 181 Å². The molecule has 2 aromatic rings. The Bertz CT molecular complexity index is 933. The molecule has 4 rings (SSSR count). The second-order valence-electron chi connectivity index (χ2n) is 7.91. The molecule has 1 atom stereocenters. The Morgan fingerprint density at radius 2 is 1.90 bits per heavy atom. The first-order chi connectivity index (χ1) is 14.6. The maximum Gasteiger partial charge on any atom is 0.263 e. The van der Waals surface area contributed by atoms with Gasteiger partial charge in [-0.2, -0.15) is 0 Å². The van der Waals surface area contributed by atoms with Crippen molar-refractivity contribution < 1.29 is 19.1 Å². The number of piperidine rings is 1. The summed E-state index contributed by atoms with van der Waals surface area (Å²) in [5, 5.41) is 3.00. The Morgan fingerprint density at radius 1 is 1.10 bits per heavy atom. The number of fused-ring (bicyclic) bond motifs is 1. The summed E-state index contributed by atoms with van der Waals surface area (Å²) in [4.78, 5) is 29.8. The van der Waals surface area contributed by atoms with Crippen LogP contribution < -0.4 is 14.8 Å². The summed E-state index contributed by atoms with van der Waals surface area (Å²) >= 11 is 1.61. The topological polar surface area (TPSA) is 67.9 Å². The third-order valence-corrected chi connectivity index (χ3v) is 7.20. The standard InChI is InChI=1S/C23H28N2O4S/c1-28-17-7-8-19(29-2)18(14-17)24-22(26)15-6-9-20-16(12-15)13-21(30-20)23(27)25-10-4-3-5-11-25/h7-8,13-15H,3-6,9-12H2,1-2H3,(H,24,26)/t15-/m1/s1. The normalized spacial score (nSPS) is 18.5. The van der Waals surface area contributed by atoms with Crippen LogP contribution in [0.15, 0.2) is 24.3 Å². The highest BCUT2D eigenvalue weighted by atomic mass is 32.1. The fourth-order valence-electron chi connectivity index (χ4n) is 4.25. The molecule has 1 saturated heterocycles. The van der Waals surface area contributed by atoms with E-state index in [1.54, 1.807) is 43.8 Å². The summed E-state index contributed by atoms with van der Waals surface area (Å²) in [7, 11) is 3.17. The van der Waals surface area contributed by atoms with Crippen molar-refractivity contribution in [2.45, 2.75) is 38.5 Å². The summed E-state index contributed by atoms with van der Waals surface area (Å²) in [5.41, 5.74) is 1.75. The minimum atomic E-state index is -0.124. The molecule has 1 aromatic carbocycles. The highest BCUT2D eigenvalue weighted by Gasteiger charge is 2.29. The summed E-state index contributed by atoms with van der Waals surface area (Å²) in [6.07, 6.45) is 5.67. The summed E-state index contributed by atoms with van der Waals surface area (Å²) in [5.74, 6) is 1.26. The molecule has 2 aliphatic rings. The van der Waals surface area contributed by atoms with E-state index in [0.29, 0.717) is 23.6 Å². The number of thiophene rings is 1. The number of anilines is 1. The van der Waals surface area contributed by atoms with E-state index in [0.717, 1.165) is 49.2 Å². The van der Waals surface area contributed by atoms with Crippen molar-refractivity contribution in [3.63, 3.8) is 0 Å². The second-order valence-corrected chi connectivity index (χ2v) is 9.04. The van der Waals surface area contributed by atoms with E-state index in [9.17, 15) is 9.59 Å². The zero-order chi connectivity index (χ0) is 21.1. The van der Waals surface area contributed by atoms with Gasteiger partial charge >= 0.3 is 0 Å². The maximum absolute atomic E-state index is 13.0. The predicted octanol–water partition coefficient (Wildman–Crippen LogP) is 4.14. The van der Waals surface area contributed by atoms with Gasteiger partial charge in [0.1, 0.15) is 11.5 Å². The van der Waals surface area contributed by atoms with Crippen LogP contribution >= 0.6 is 11.3 Å². The van der Waals surface area contributed by atoms with Crippen molar-refractivity contribution in [1.29, 1.82) is 0 Å². The molecule has 0 unspecified atom stereocenters. The number of rotatable bonds is 5. The van der Waals surface area contributed by atoms with Crippen molar-refractivity contribution in [1.82, 2.24) is 4.90 Å². The van der Waals surface area contributed by atoms with Gasteiger partial charge in [0.25, 0.3) is 5.91 Å². The van der Waals surface area contributed by atoms with E-state index >= 15 is 0 Å². The Balaban J connectivity index is 1.45. The van der Waals surface area contributed by atoms with Crippen LogP contribution in [-0.2, 0) is 17.6 Å². The summed E-state index contributed by atoms with van der Waals surface area (Å²) in [6.45, 7) is 1.71. The van der Waals surface area contributed by atoms with Crippen LogP contribution in [0.5, 0.6) is 11.5 Å². The number of ether oxygens (including phenoxy) is 2. The van der Waals surface area contributed by atoms with Crippen LogP contribution in [-0.4, -0.2) is 44.0 Å². The van der Waals surface area contributed by atoms with Crippen LogP contribution in [0.4, 0.5) is 5.69 Å². The van der Waals surface area contributed by atoms with Gasteiger partial charge in [0.05, 0.1) is 24.8 Å². The highest BCUT2D eigenvalue weighted by Crippen LogP contribution is 2.35. The molecular formula is C23H28N2O4S. The van der Waals surface area contributed by atoms with Gasteiger partial charge in [-0.15, -0.1) is 11.3 Å². The smallest absolute Gasteiger partial charge is 0.263 e. The lowest BCUT2D eigenvalue weighted by Gasteiger charge is -2.26. The zero-order valence-corrected chi connectivity index (χ0v) is 18.3. The number of likely N-dealkylation sites (tertiary alicyclic amines) is 1. The lowest BCUT2D eigenvalue weighted by molar-refractivity contribution is -0.120. The van der Waals surface area contributed by atoms with Crippen LogP contribution in [0.2, 0.25) is 0 Å². The van der Waals surface area contributed by atoms with E-state index in [2.05, 4.69) is 5.32 Å². The molecule has 0 radical (unpaired) electrons. The average Bonchev–Trinajstić information content (AvgIpc) is 3.22. The number of benzene rings is 1. The SMILES string of the molecule is COc1ccc(OC)c(NC(=O)[C@@H]2CCc3sc(C(=O)N4CCCCC4)cc3C2)c1. The molecule has 30 heavy (non-hydrogen) atoms. The maximum atomic E-state index is 13.0. The highest BCUT2D eigenvalue weighted by molar-refractivity contribution is 7.14. The number of carbonyl (C=O) groups excluding carboxylic acids is 2. The van der Waals surface area contributed by atoms with E-state index < -0.39 is 0 Å². The van der Waals surface area contributed by atoms with Crippen LogP contribution in [0.3, 0.4) is 0 Å². The molecule has 1 aliphatic carbocycles. The van der Waals surface area contributed by atoms with Crippen molar-refractivity contribution in [3.05, 3.63) is 39.6 Å². The average molecular weight is 429 g/mol. The molecule has 1 aliphatic heterocycles. The number of carbonyl (C=O) groups is 2. The molecule has 6 nitrogen and oxygen atoms in total. The minimum absolute atomic E-state index is 0.0256. The number of hydrogen-bond acceptors (Lipinski definition) is 5. The van der Waals surface area contributed by atoms with E-state index in [1.165, 1.54) is 11.3 Å². The molecule has 7 heteroatoms. The minimum Gasteiger partial charge on any atom is -0.497 e. The summed E-state index contributed by atoms with van der Waals surface area (Å²) < 4.78 is 10.6. The molecule has 1 aromatic heterocycles. The quantitative estimate of drug-likeness (QED) is 0.777. The van der Waals surface area contributed by atoms with Gasteiger partial charge in [0, 0.05) is 30.0 Å². The fraction of sp³-hybridized carbons (Fsp3) is 0.478.